The fourth-order valence-electron chi connectivity index (χ4n) is 19.3. The molecule has 4 aromatic carbocycles. The van der Waals surface area contributed by atoms with E-state index in [4.69, 9.17) is 48.8 Å². The van der Waals surface area contributed by atoms with Crippen LogP contribution in [0.2, 0.25) is 0 Å². The Morgan fingerprint density at radius 1 is 0.228 bits per heavy atom. The minimum absolute atomic E-state index is 0.0146. The molecule has 14 nitrogen and oxygen atoms in total. The van der Waals surface area contributed by atoms with Crippen LogP contribution in [0.1, 0.15) is 530 Å². The molecule has 768 valence electrons. The first-order chi connectivity index (χ1) is 67.2. The Morgan fingerprint density at radius 3 is 0.574 bits per heavy atom. The number of unbranched alkanes of at least 4 members (excludes halogenated alkanes) is 66. The lowest BCUT2D eigenvalue weighted by Crippen LogP contribution is -2.32. The van der Waals surface area contributed by atoms with E-state index in [-0.39, 0.29) is 23.7 Å². The van der Waals surface area contributed by atoms with Gasteiger partial charge in [-0.05, 0) is 137 Å². The Bertz CT molecular complexity index is 3490. The largest absolute Gasteiger partial charge is 0.490 e. The average molecular weight is 1920 g/mol. The highest BCUT2D eigenvalue weighted by molar-refractivity contribution is 7.18. The lowest BCUT2D eigenvalue weighted by atomic mass is 9.81. The van der Waals surface area contributed by atoms with Crippen LogP contribution in [0.4, 0.5) is 11.4 Å². The number of carbonyl (C=O) groups excluding carboxylic acids is 2. The molecule has 0 bridgehead atoms. The van der Waals surface area contributed by atoms with Crippen molar-refractivity contribution in [1.82, 2.24) is 20.4 Å². The van der Waals surface area contributed by atoms with Crippen molar-refractivity contribution in [2.45, 2.75) is 530 Å². The van der Waals surface area contributed by atoms with Gasteiger partial charge < -0.3 is 39.1 Å². The van der Waals surface area contributed by atoms with Crippen LogP contribution in [0.3, 0.4) is 0 Å². The summed E-state index contributed by atoms with van der Waals surface area (Å²) in [6.45, 7) is 17.5. The Labute approximate surface area is 839 Å². The van der Waals surface area contributed by atoms with Crippen molar-refractivity contribution in [2.24, 2.45) is 11.8 Å². The molecule has 2 heterocycles. The van der Waals surface area contributed by atoms with Crippen LogP contribution >= 0.6 is 22.7 Å². The number of ether oxygens (including phenoxy) is 6. The maximum atomic E-state index is 14.0. The van der Waals surface area contributed by atoms with Crippen LogP contribution in [-0.2, 0) is 9.59 Å². The molecule has 2 aromatic heterocycles. The maximum absolute atomic E-state index is 14.0. The lowest BCUT2D eigenvalue weighted by molar-refractivity contribution is -0.125. The van der Waals surface area contributed by atoms with E-state index in [2.05, 4.69) is 76.4 Å². The van der Waals surface area contributed by atoms with Gasteiger partial charge in [0.05, 0.1) is 39.6 Å². The normalized spacial score (nSPS) is 13.2. The number of amides is 2. The van der Waals surface area contributed by atoms with E-state index in [1.807, 2.05) is 48.5 Å². The van der Waals surface area contributed by atoms with E-state index in [0.717, 1.165) is 154 Å². The van der Waals surface area contributed by atoms with Crippen molar-refractivity contribution in [3.63, 3.8) is 0 Å². The van der Waals surface area contributed by atoms with Crippen LogP contribution in [0, 0.1) is 11.8 Å². The Hall–Kier alpha value is -6.26. The van der Waals surface area contributed by atoms with Gasteiger partial charge in [0.25, 0.3) is 0 Å². The van der Waals surface area contributed by atoms with Crippen molar-refractivity contribution < 1.29 is 38.0 Å². The predicted molar refractivity (Wildman–Crippen MR) is 584 cm³/mol. The molecular formula is C120H198N6O8S2. The van der Waals surface area contributed by atoms with Crippen LogP contribution < -0.4 is 39.1 Å². The molecule has 136 heavy (non-hydrogen) atoms. The minimum atomic E-state index is -0.194. The molecule has 16 heteroatoms. The summed E-state index contributed by atoms with van der Waals surface area (Å²) in [7, 11) is 0. The van der Waals surface area contributed by atoms with E-state index >= 15 is 0 Å². The van der Waals surface area contributed by atoms with Gasteiger partial charge in [0.2, 0.25) is 23.3 Å². The van der Waals surface area contributed by atoms with Gasteiger partial charge in [0, 0.05) is 45.5 Å². The number of aromatic nitrogens is 4. The third-order valence-electron chi connectivity index (χ3n) is 28.2. The lowest BCUT2D eigenvalue weighted by Gasteiger charge is -2.27. The number of rotatable bonds is 92. The number of nitrogens with one attached hydrogen (secondary N) is 2. The minimum Gasteiger partial charge on any atom is -0.490 e. The molecule has 2 N–H and O–H groups in total. The fraction of sp³-hybridized carbons (Fsp3) is 0.750. The first-order valence-electron chi connectivity index (χ1n) is 57.9. The molecular weight excluding hydrogens is 1720 g/mol. The van der Waals surface area contributed by atoms with Gasteiger partial charge in [-0.25, -0.2) is 0 Å². The SMILES string of the molecule is CCCCCCCCCCCCCCOc1cc(-c2nnc(-c3ccc(NC(=O)C4CCC(C(=O)Nc5ccc(-c6nnc(-c7cc(OCCCCCCCCCCCCCC)c(OCCCCCCCCCCCCCC)c(OCCCCCCCCCCCCCC)c7)s6)cc5)CC4)cc3)s2)cc(OCCCCCCCCCCCCCC)c1OCCCCCCCCCCCCCC. The smallest absolute Gasteiger partial charge is 0.227 e. The van der Waals surface area contributed by atoms with Crippen molar-refractivity contribution in [3.8, 4) is 76.8 Å². The van der Waals surface area contributed by atoms with Gasteiger partial charge >= 0.3 is 0 Å². The summed E-state index contributed by atoms with van der Waals surface area (Å²) in [6.07, 6.45) is 95.7. The second-order valence-electron chi connectivity index (χ2n) is 40.5. The topological polar surface area (TPSA) is 165 Å². The van der Waals surface area contributed by atoms with Gasteiger partial charge in [0.1, 0.15) is 20.0 Å². The van der Waals surface area contributed by atoms with E-state index in [1.165, 1.54) is 385 Å². The summed E-state index contributed by atoms with van der Waals surface area (Å²) >= 11 is 3.10. The van der Waals surface area contributed by atoms with Crippen molar-refractivity contribution in [2.75, 3.05) is 50.3 Å². The van der Waals surface area contributed by atoms with Crippen molar-refractivity contribution in [1.29, 1.82) is 0 Å². The molecule has 1 aliphatic rings. The quantitative estimate of drug-likeness (QED) is 0.0348. The molecule has 1 aliphatic carbocycles. The van der Waals surface area contributed by atoms with Crippen LogP contribution in [0.25, 0.3) is 42.3 Å². The van der Waals surface area contributed by atoms with Crippen molar-refractivity contribution >= 4 is 45.9 Å². The summed E-state index contributed by atoms with van der Waals surface area (Å²) in [5.74, 6) is 3.91. The molecule has 7 rings (SSSR count). The number of hydrogen-bond acceptors (Lipinski definition) is 14. The third kappa shape index (κ3) is 53.6. The first-order valence-corrected chi connectivity index (χ1v) is 59.5. The summed E-state index contributed by atoms with van der Waals surface area (Å²) < 4.78 is 40.9. The molecule has 6 aromatic rings. The Kier molecular flexibility index (Phi) is 68.9. The van der Waals surface area contributed by atoms with Crippen LogP contribution in [0.15, 0.2) is 72.8 Å². The zero-order valence-electron chi connectivity index (χ0n) is 87.9. The summed E-state index contributed by atoms with van der Waals surface area (Å²) in [5.41, 5.74) is 5.12. The number of benzene rings is 4. The van der Waals surface area contributed by atoms with E-state index < -0.39 is 0 Å². The van der Waals surface area contributed by atoms with Gasteiger partial charge in [-0.3, -0.25) is 9.59 Å². The van der Waals surface area contributed by atoms with Gasteiger partial charge in [-0.2, -0.15) is 0 Å². The second-order valence-corrected chi connectivity index (χ2v) is 42.5. The molecule has 0 radical (unpaired) electrons. The standard InChI is InChI=1S/C120H198N6O8S2/c1-7-13-19-25-31-37-43-49-55-61-67-73-91-129-109-97-105(98-110(130-92-74-68-62-56-50-44-38-32-26-20-14-8-2)113(109)133-95-77-71-65-59-53-47-41-35-29-23-17-11-5)119-125-123-117(135-119)103-83-87-107(88-84-103)121-115(127)101-79-81-102(82-80-101)116(128)122-108-89-85-104(86-90-108)118-124-126-120(136-118)106-99-111(131-93-75-69-63-57-51-45-39-33-27-21-15-9-3)114(134-96-78-72-66-60-54-48-42-36-30-24-18-12-6)112(100-106)132-94-76-70-64-58-52-46-40-34-28-22-16-10-4/h83-90,97-102H,7-82,91-96H2,1-6H3,(H,121,127)(H,122,128). The predicted octanol–water partition coefficient (Wildman–Crippen LogP) is 38.9. The fourth-order valence-corrected chi connectivity index (χ4v) is 20.9. The highest BCUT2D eigenvalue weighted by Crippen LogP contribution is 2.47. The number of hydrogen-bond donors (Lipinski definition) is 2. The van der Waals surface area contributed by atoms with Crippen LogP contribution in [-0.4, -0.2) is 71.9 Å². The third-order valence-corrected chi connectivity index (χ3v) is 30.2. The van der Waals surface area contributed by atoms with E-state index in [9.17, 15) is 9.59 Å². The highest BCUT2D eigenvalue weighted by atomic mass is 32.1. The maximum Gasteiger partial charge on any atom is 0.227 e. The first kappa shape index (κ1) is 117. The highest BCUT2D eigenvalue weighted by Gasteiger charge is 2.31. The molecule has 0 unspecified atom stereocenters. The zero-order valence-corrected chi connectivity index (χ0v) is 89.6. The van der Waals surface area contributed by atoms with Crippen LogP contribution in [0.5, 0.6) is 34.5 Å². The Balaban J connectivity index is 0.950. The molecule has 1 fully saturated rings. The van der Waals surface area contributed by atoms with Gasteiger partial charge in [-0.15, -0.1) is 20.4 Å². The summed E-state index contributed by atoms with van der Waals surface area (Å²) in [5, 5.41) is 28.8. The monoisotopic (exact) mass is 1920 g/mol. The molecule has 0 aliphatic heterocycles. The molecule has 1 saturated carbocycles. The molecule has 0 atom stereocenters. The van der Waals surface area contributed by atoms with E-state index in [0.29, 0.717) is 76.8 Å². The zero-order chi connectivity index (χ0) is 95.9. The number of carbonyl (C=O) groups is 2. The number of anilines is 2. The van der Waals surface area contributed by atoms with Gasteiger partial charge in [0.15, 0.2) is 23.0 Å². The van der Waals surface area contributed by atoms with Crippen molar-refractivity contribution in [3.05, 3.63) is 72.8 Å². The Morgan fingerprint density at radius 2 is 0.390 bits per heavy atom. The number of nitrogens with zero attached hydrogens (tertiary/aromatic N) is 4. The molecule has 0 spiro atoms. The second kappa shape index (κ2) is 80.3. The molecule has 2 amide bonds. The average Bonchev–Trinajstić information content (AvgIpc) is 1.57. The molecule has 0 saturated heterocycles. The summed E-state index contributed by atoms with van der Waals surface area (Å²) in [6, 6.07) is 24.4. The van der Waals surface area contributed by atoms with Gasteiger partial charge in [-0.1, -0.05) is 488 Å². The van der Waals surface area contributed by atoms with E-state index in [1.54, 1.807) is 22.7 Å². The summed E-state index contributed by atoms with van der Waals surface area (Å²) in [4.78, 5) is 28.0.